The molecule has 37 heavy (non-hydrogen) atoms. The molecule has 0 saturated carbocycles. The van der Waals surface area contributed by atoms with Crippen molar-refractivity contribution in [1.29, 1.82) is 0 Å². The van der Waals surface area contributed by atoms with Crippen LogP contribution in [0.15, 0.2) is 60.7 Å². The predicted molar refractivity (Wildman–Crippen MR) is 149 cm³/mol. The molecular weight excluding hydrogens is 458 g/mol. The first kappa shape index (κ1) is 24.5. The molecule has 1 saturated heterocycles. The molecule has 0 bridgehead atoms. The summed E-state index contributed by atoms with van der Waals surface area (Å²) >= 11 is 0. The van der Waals surface area contributed by atoms with Crippen LogP contribution >= 0.6 is 0 Å². The number of phenolic OH excluding ortho intramolecular Hbond substituents is 1. The fourth-order valence-electron chi connectivity index (χ4n) is 7.35. The van der Waals surface area contributed by atoms with E-state index in [1.165, 1.54) is 41.6 Å². The van der Waals surface area contributed by atoms with Gasteiger partial charge in [-0.25, -0.2) is 0 Å². The minimum Gasteiger partial charge on any atom is -0.508 e. The number of hydrogen-bond donors (Lipinski definition) is 1. The van der Waals surface area contributed by atoms with Gasteiger partial charge in [0.05, 0.1) is 0 Å². The molecule has 194 valence electrons. The van der Waals surface area contributed by atoms with E-state index in [2.05, 4.69) is 53.4 Å². The number of anilines is 1. The Morgan fingerprint density at radius 2 is 1.59 bits per heavy atom. The summed E-state index contributed by atoms with van der Waals surface area (Å²) in [6, 6.07) is 22.4. The highest BCUT2D eigenvalue weighted by atomic mass is 16.7. The van der Waals surface area contributed by atoms with E-state index in [4.69, 9.17) is 9.47 Å². The van der Waals surface area contributed by atoms with Crippen molar-refractivity contribution in [3.63, 3.8) is 0 Å². The number of rotatable bonds is 6. The number of piperidine rings is 1. The van der Waals surface area contributed by atoms with Crippen molar-refractivity contribution in [3.05, 3.63) is 94.0 Å². The van der Waals surface area contributed by atoms with E-state index in [1.807, 2.05) is 12.1 Å². The molecule has 1 N–H and O–H groups in total. The molecular formula is C33H39NO3. The second-order valence-corrected chi connectivity index (χ2v) is 11.1. The Morgan fingerprint density at radius 1 is 0.811 bits per heavy atom. The molecule has 3 aliphatic rings. The van der Waals surface area contributed by atoms with Gasteiger partial charge < -0.3 is 19.5 Å². The maximum absolute atomic E-state index is 10.2. The van der Waals surface area contributed by atoms with Gasteiger partial charge in [-0.1, -0.05) is 36.4 Å². The van der Waals surface area contributed by atoms with E-state index in [0.29, 0.717) is 23.5 Å². The molecule has 4 heteroatoms. The minimum atomic E-state index is -0.105. The van der Waals surface area contributed by atoms with E-state index in [9.17, 15) is 5.11 Å². The molecule has 1 fully saturated rings. The molecule has 0 unspecified atom stereocenters. The molecule has 2 aliphatic carbocycles. The highest BCUT2D eigenvalue weighted by Gasteiger charge is 2.34. The largest absolute Gasteiger partial charge is 0.508 e. The molecule has 4 nitrogen and oxygen atoms in total. The van der Waals surface area contributed by atoms with Gasteiger partial charge in [0.25, 0.3) is 0 Å². The summed E-state index contributed by atoms with van der Waals surface area (Å²) in [4.78, 5) is 2.50. The van der Waals surface area contributed by atoms with Gasteiger partial charge in [0.1, 0.15) is 5.75 Å². The summed E-state index contributed by atoms with van der Waals surface area (Å²) in [7, 11) is 3.47. The number of hydrogen-bond acceptors (Lipinski definition) is 4. The Balaban J connectivity index is 1.30. The van der Waals surface area contributed by atoms with E-state index in [-0.39, 0.29) is 6.29 Å². The van der Waals surface area contributed by atoms with Crippen LogP contribution in [-0.2, 0) is 28.7 Å². The second kappa shape index (κ2) is 10.5. The van der Waals surface area contributed by atoms with Gasteiger partial charge in [-0.05, 0) is 109 Å². The number of aryl methyl sites for hydroxylation is 2. The van der Waals surface area contributed by atoms with Crippen molar-refractivity contribution < 1.29 is 14.6 Å². The smallest absolute Gasteiger partial charge is 0.159 e. The van der Waals surface area contributed by atoms with Crippen LogP contribution in [0.5, 0.6) is 5.75 Å². The Kier molecular flexibility index (Phi) is 6.96. The highest BCUT2D eigenvalue weighted by Crippen LogP contribution is 2.49. The zero-order valence-electron chi connectivity index (χ0n) is 22.2. The third-order valence-electron chi connectivity index (χ3n) is 9.18. The molecule has 3 aromatic carbocycles. The summed E-state index contributed by atoms with van der Waals surface area (Å²) in [5.41, 5.74) is 10.1. The van der Waals surface area contributed by atoms with Crippen LogP contribution < -0.4 is 4.90 Å². The lowest BCUT2D eigenvalue weighted by Crippen LogP contribution is -2.39. The Bertz CT molecular complexity index is 1220. The number of ether oxygens (including phenoxy) is 2. The summed E-state index contributed by atoms with van der Waals surface area (Å²) in [6.07, 6.45) is 7.88. The van der Waals surface area contributed by atoms with Gasteiger partial charge >= 0.3 is 0 Å². The van der Waals surface area contributed by atoms with Gasteiger partial charge in [-0.3, -0.25) is 0 Å². The fraction of sp³-hybridized carbons (Fsp3) is 0.455. The number of benzene rings is 3. The third kappa shape index (κ3) is 4.66. The summed E-state index contributed by atoms with van der Waals surface area (Å²) < 4.78 is 11.0. The van der Waals surface area contributed by atoms with Crippen molar-refractivity contribution in [2.75, 3.05) is 32.2 Å². The van der Waals surface area contributed by atoms with E-state index >= 15 is 0 Å². The quantitative estimate of drug-likeness (QED) is 0.391. The van der Waals surface area contributed by atoms with E-state index in [1.54, 1.807) is 30.9 Å². The highest BCUT2D eigenvalue weighted by molar-refractivity contribution is 5.54. The lowest BCUT2D eigenvalue weighted by molar-refractivity contribution is -0.141. The average Bonchev–Trinajstić information content (AvgIpc) is 3.43. The molecule has 3 aromatic rings. The number of aromatic hydroxyl groups is 1. The number of methoxy groups -OCH3 is 2. The van der Waals surface area contributed by atoms with Crippen molar-refractivity contribution >= 4 is 5.69 Å². The van der Waals surface area contributed by atoms with E-state index in [0.717, 1.165) is 38.8 Å². The predicted octanol–water partition coefficient (Wildman–Crippen LogP) is 6.58. The fourth-order valence-corrected chi connectivity index (χ4v) is 7.35. The molecule has 0 aromatic heterocycles. The lowest BCUT2D eigenvalue weighted by atomic mass is 9.68. The van der Waals surface area contributed by atoms with Gasteiger partial charge in [0.15, 0.2) is 6.29 Å². The normalized spacial score (nSPS) is 21.8. The first-order chi connectivity index (χ1) is 18.2. The monoisotopic (exact) mass is 497 g/mol. The summed E-state index contributed by atoms with van der Waals surface area (Å²) in [5.74, 6) is 1.60. The number of nitrogens with zero attached hydrogens (tertiary/aromatic N) is 1. The lowest BCUT2D eigenvalue weighted by Gasteiger charge is -2.37. The van der Waals surface area contributed by atoms with Crippen LogP contribution in [0.25, 0.3) is 0 Å². The standard InChI is InChI=1S/C33H39NO3/c1-36-33(37-2)24-17-19-34(20-18-24)26-12-9-23(10-13-26)32-29-16-14-27(35)21-25(29)11-15-31(32)30-8-4-6-22-5-3-7-28(22)30/h4,6,8-10,12-14,16,21,24,31-33,35H,3,5,7,11,15,17-20H2,1-2H3/t31-,32-/m0/s1. The molecule has 0 spiro atoms. The van der Waals surface area contributed by atoms with Gasteiger partial charge in [-0.15, -0.1) is 0 Å². The van der Waals surface area contributed by atoms with Gasteiger partial charge in [-0.2, -0.15) is 0 Å². The third-order valence-corrected chi connectivity index (χ3v) is 9.18. The van der Waals surface area contributed by atoms with Crippen molar-refractivity contribution in [2.45, 2.75) is 63.1 Å². The first-order valence-corrected chi connectivity index (χ1v) is 14.0. The topological polar surface area (TPSA) is 41.9 Å². The SMILES string of the molecule is COC(OC)C1CCN(c2ccc([C@H]3c4ccc(O)cc4CC[C@H]3c3cccc4c3CCC4)cc2)CC1. The molecule has 6 rings (SSSR count). The molecule has 1 heterocycles. The van der Waals surface area contributed by atoms with Gasteiger partial charge in [0.2, 0.25) is 0 Å². The summed E-state index contributed by atoms with van der Waals surface area (Å²) in [6.45, 7) is 2.05. The molecule has 1 aliphatic heterocycles. The molecule has 0 radical (unpaired) electrons. The molecule has 2 atom stereocenters. The van der Waals surface area contributed by atoms with Crippen LogP contribution in [0.1, 0.15) is 70.9 Å². The van der Waals surface area contributed by atoms with Crippen LogP contribution in [0.4, 0.5) is 5.69 Å². The van der Waals surface area contributed by atoms with Crippen molar-refractivity contribution in [1.82, 2.24) is 0 Å². The summed E-state index contributed by atoms with van der Waals surface area (Å²) in [5, 5.41) is 10.2. The zero-order valence-corrected chi connectivity index (χ0v) is 22.2. The van der Waals surface area contributed by atoms with E-state index < -0.39 is 0 Å². The van der Waals surface area contributed by atoms with Crippen LogP contribution in [0.3, 0.4) is 0 Å². The first-order valence-electron chi connectivity index (χ1n) is 14.0. The van der Waals surface area contributed by atoms with Crippen molar-refractivity contribution in [2.24, 2.45) is 5.92 Å². The maximum atomic E-state index is 10.2. The van der Waals surface area contributed by atoms with Crippen LogP contribution in [0.2, 0.25) is 0 Å². The van der Waals surface area contributed by atoms with Crippen molar-refractivity contribution in [3.8, 4) is 5.75 Å². The average molecular weight is 498 g/mol. The van der Waals surface area contributed by atoms with Gasteiger partial charge in [0, 0.05) is 44.8 Å². The number of phenols is 1. The minimum absolute atomic E-state index is 0.105. The number of fused-ring (bicyclic) bond motifs is 2. The Labute approximate surface area is 221 Å². The zero-order chi connectivity index (χ0) is 25.4. The van der Waals surface area contributed by atoms with Crippen LogP contribution in [-0.4, -0.2) is 38.7 Å². The molecule has 0 amide bonds. The maximum Gasteiger partial charge on any atom is 0.159 e. The second-order valence-electron chi connectivity index (χ2n) is 11.1. The Hall–Kier alpha value is -2.82. The Morgan fingerprint density at radius 3 is 2.35 bits per heavy atom. The van der Waals surface area contributed by atoms with Crippen LogP contribution in [0, 0.1) is 5.92 Å².